The molecule has 0 radical (unpaired) electrons. The molecule has 21 heavy (non-hydrogen) atoms. The van der Waals surface area contributed by atoms with Crippen LogP contribution in [0.25, 0.3) is 0 Å². The van der Waals surface area contributed by atoms with Gasteiger partial charge in [0.1, 0.15) is 6.10 Å². The lowest BCUT2D eigenvalue weighted by atomic mass is 9.96. The van der Waals surface area contributed by atoms with E-state index in [2.05, 4.69) is 0 Å². The summed E-state index contributed by atoms with van der Waals surface area (Å²) in [4.78, 5) is 10.9. The van der Waals surface area contributed by atoms with Gasteiger partial charge in [0.15, 0.2) is 0 Å². The Morgan fingerprint density at radius 1 is 1.00 bits per heavy atom. The number of carbonyl (C=O) groups is 1. The SMILES string of the molecule is CC(C(=O)O)c1ccc(C(O)c2ccc(CN)cc2)cc1. The van der Waals surface area contributed by atoms with Crippen molar-refractivity contribution in [1.29, 1.82) is 0 Å². The molecule has 2 aromatic carbocycles. The highest BCUT2D eigenvalue weighted by Gasteiger charge is 2.15. The van der Waals surface area contributed by atoms with Crippen LogP contribution in [0.15, 0.2) is 48.5 Å². The van der Waals surface area contributed by atoms with E-state index in [1.165, 1.54) is 0 Å². The predicted molar refractivity (Wildman–Crippen MR) is 80.9 cm³/mol. The summed E-state index contributed by atoms with van der Waals surface area (Å²) in [5.74, 6) is -1.42. The minimum absolute atomic E-state index is 0.470. The van der Waals surface area contributed by atoms with E-state index in [1.807, 2.05) is 24.3 Å². The molecule has 0 aliphatic rings. The lowest BCUT2D eigenvalue weighted by Gasteiger charge is -2.13. The number of carboxylic acids is 1. The number of benzene rings is 2. The first-order valence-corrected chi connectivity index (χ1v) is 6.82. The van der Waals surface area contributed by atoms with Gasteiger partial charge < -0.3 is 15.9 Å². The molecule has 2 atom stereocenters. The van der Waals surface area contributed by atoms with Crippen LogP contribution in [-0.4, -0.2) is 16.2 Å². The number of carboxylic acid groups (broad SMARTS) is 1. The van der Waals surface area contributed by atoms with Crippen molar-refractivity contribution in [2.24, 2.45) is 5.73 Å². The first-order chi connectivity index (χ1) is 10.0. The molecule has 0 saturated carbocycles. The third-order valence-corrected chi connectivity index (χ3v) is 3.65. The van der Waals surface area contributed by atoms with Gasteiger partial charge in [-0.2, -0.15) is 0 Å². The van der Waals surface area contributed by atoms with Gasteiger partial charge in [-0.1, -0.05) is 48.5 Å². The van der Waals surface area contributed by atoms with Crippen LogP contribution in [0.2, 0.25) is 0 Å². The summed E-state index contributed by atoms with van der Waals surface area (Å²) >= 11 is 0. The highest BCUT2D eigenvalue weighted by Crippen LogP contribution is 2.24. The zero-order valence-electron chi connectivity index (χ0n) is 11.9. The summed E-state index contributed by atoms with van der Waals surface area (Å²) in [5, 5.41) is 19.3. The number of aliphatic carboxylic acids is 1. The summed E-state index contributed by atoms with van der Waals surface area (Å²) in [6.07, 6.45) is -0.731. The molecule has 4 nitrogen and oxygen atoms in total. The Bertz CT molecular complexity index is 605. The van der Waals surface area contributed by atoms with Gasteiger partial charge >= 0.3 is 5.97 Å². The molecule has 0 aromatic heterocycles. The second kappa shape index (κ2) is 6.52. The molecule has 0 aliphatic carbocycles. The maximum Gasteiger partial charge on any atom is 0.310 e. The van der Waals surface area contributed by atoms with Gasteiger partial charge in [0, 0.05) is 6.54 Å². The Morgan fingerprint density at radius 3 is 1.86 bits per heavy atom. The van der Waals surface area contributed by atoms with E-state index in [4.69, 9.17) is 10.8 Å². The van der Waals surface area contributed by atoms with E-state index in [9.17, 15) is 9.90 Å². The van der Waals surface area contributed by atoms with E-state index < -0.39 is 18.0 Å². The van der Waals surface area contributed by atoms with Crippen LogP contribution in [0, 0.1) is 0 Å². The maximum absolute atomic E-state index is 10.9. The molecule has 0 amide bonds. The van der Waals surface area contributed by atoms with Crippen molar-refractivity contribution in [3.63, 3.8) is 0 Å². The predicted octanol–water partition coefficient (Wildman–Crippen LogP) is 2.42. The van der Waals surface area contributed by atoms with Crippen molar-refractivity contribution < 1.29 is 15.0 Å². The van der Waals surface area contributed by atoms with Gasteiger partial charge in [-0.05, 0) is 29.2 Å². The first-order valence-electron chi connectivity index (χ1n) is 6.82. The van der Waals surface area contributed by atoms with Gasteiger partial charge in [-0.15, -0.1) is 0 Å². The van der Waals surface area contributed by atoms with Crippen LogP contribution in [0.4, 0.5) is 0 Å². The normalized spacial score (nSPS) is 13.7. The van der Waals surface area contributed by atoms with Crippen molar-refractivity contribution in [2.45, 2.75) is 25.5 Å². The molecular formula is C17H19NO3. The monoisotopic (exact) mass is 285 g/mol. The van der Waals surface area contributed by atoms with Crippen molar-refractivity contribution in [1.82, 2.24) is 0 Å². The fraction of sp³-hybridized carbons (Fsp3) is 0.235. The van der Waals surface area contributed by atoms with Crippen LogP contribution in [0.5, 0.6) is 0 Å². The summed E-state index contributed by atoms with van der Waals surface area (Å²) in [7, 11) is 0. The average molecular weight is 285 g/mol. The number of aliphatic hydroxyl groups excluding tert-OH is 1. The molecule has 0 fully saturated rings. The zero-order valence-corrected chi connectivity index (χ0v) is 11.9. The second-order valence-electron chi connectivity index (χ2n) is 5.07. The van der Waals surface area contributed by atoms with Crippen molar-refractivity contribution in [2.75, 3.05) is 0 Å². The molecule has 0 heterocycles. The Morgan fingerprint density at radius 2 is 1.43 bits per heavy atom. The molecule has 0 saturated heterocycles. The van der Waals surface area contributed by atoms with Gasteiger partial charge in [0.05, 0.1) is 5.92 Å². The Hall–Kier alpha value is -2.17. The summed E-state index contributed by atoms with van der Waals surface area (Å²) in [5.41, 5.74) is 8.79. The van der Waals surface area contributed by atoms with Crippen LogP contribution in [0.1, 0.15) is 41.2 Å². The second-order valence-corrected chi connectivity index (χ2v) is 5.07. The molecular weight excluding hydrogens is 266 g/mol. The highest BCUT2D eigenvalue weighted by atomic mass is 16.4. The smallest absolute Gasteiger partial charge is 0.310 e. The van der Waals surface area contributed by atoms with Crippen LogP contribution in [-0.2, 0) is 11.3 Å². The minimum atomic E-state index is -0.860. The summed E-state index contributed by atoms with van der Waals surface area (Å²) in [6.45, 7) is 2.11. The van der Waals surface area contributed by atoms with Gasteiger partial charge in [0.25, 0.3) is 0 Å². The van der Waals surface area contributed by atoms with E-state index in [0.29, 0.717) is 6.54 Å². The van der Waals surface area contributed by atoms with Crippen molar-refractivity contribution in [3.05, 3.63) is 70.8 Å². The maximum atomic E-state index is 10.9. The van der Waals surface area contributed by atoms with E-state index in [0.717, 1.165) is 22.3 Å². The molecule has 4 heteroatoms. The zero-order chi connectivity index (χ0) is 15.4. The number of hydrogen-bond donors (Lipinski definition) is 3. The summed E-state index contributed by atoms with van der Waals surface area (Å²) in [6, 6.07) is 14.5. The molecule has 2 aromatic rings. The quantitative estimate of drug-likeness (QED) is 0.787. The lowest BCUT2D eigenvalue weighted by molar-refractivity contribution is -0.138. The standard InChI is InChI=1S/C17H19NO3/c1-11(17(20)21)13-6-8-15(9-7-13)16(19)14-4-2-12(10-18)3-5-14/h2-9,11,16,19H,10,18H2,1H3,(H,20,21). The number of hydrogen-bond acceptors (Lipinski definition) is 3. The summed E-state index contributed by atoms with van der Waals surface area (Å²) < 4.78 is 0. The van der Waals surface area contributed by atoms with Gasteiger partial charge in [0.2, 0.25) is 0 Å². The van der Waals surface area contributed by atoms with E-state index >= 15 is 0 Å². The van der Waals surface area contributed by atoms with E-state index in [1.54, 1.807) is 31.2 Å². The molecule has 0 aliphatic heterocycles. The minimum Gasteiger partial charge on any atom is -0.481 e. The average Bonchev–Trinajstić information content (AvgIpc) is 2.53. The molecule has 4 N–H and O–H groups in total. The fourth-order valence-corrected chi connectivity index (χ4v) is 2.14. The molecule has 0 bridgehead atoms. The van der Waals surface area contributed by atoms with Crippen LogP contribution < -0.4 is 5.73 Å². The number of nitrogens with two attached hydrogens (primary N) is 1. The van der Waals surface area contributed by atoms with Gasteiger partial charge in [-0.25, -0.2) is 0 Å². The van der Waals surface area contributed by atoms with E-state index in [-0.39, 0.29) is 0 Å². The molecule has 2 unspecified atom stereocenters. The molecule has 0 spiro atoms. The lowest BCUT2D eigenvalue weighted by Crippen LogP contribution is -2.08. The fourth-order valence-electron chi connectivity index (χ4n) is 2.14. The number of rotatable bonds is 5. The van der Waals surface area contributed by atoms with Crippen molar-refractivity contribution in [3.8, 4) is 0 Å². The first kappa shape index (κ1) is 15.2. The third kappa shape index (κ3) is 3.48. The Kier molecular flexibility index (Phi) is 4.73. The van der Waals surface area contributed by atoms with Crippen LogP contribution >= 0.6 is 0 Å². The van der Waals surface area contributed by atoms with Gasteiger partial charge in [-0.3, -0.25) is 4.79 Å². The largest absolute Gasteiger partial charge is 0.481 e. The highest BCUT2D eigenvalue weighted by molar-refractivity contribution is 5.75. The molecule has 110 valence electrons. The van der Waals surface area contributed by atoms with Crippen molar-refractivity contribution >= 4 is 5.97 Å². The molecule has 2 rings (SSSR count). The Balaban J connectivity index is 2.19. The topological polar surface area (TPSA) is 83.5 Å². The van der Waals surface area contributed by atoms with Crippen LogP contribution in [0.3, 0.4) is 0 Å². The number of aliphatic hydroxyl groups is 1. The Labute approximate surface area is 123 Å². The third-order valence-electron chi connectivity index (χ3n) is 3.65.